The minimum Gasteiger partial charge on any atom is -0.457 e. The molecule has 0 radical (unpaired) electrons. The topological polar surface area (TPSA) is 39.2 Å². The fourth-order valence-corrected chi connectivity index (χ4v) is 3.54. The number of hydrogen-bond donors (Lipinski definition) is 0. The number of para-hydroxylation sites is 1. The van der Waals surface area contributed by atoms with Gasteiger partial charge in [-0.1, -0.05) is 77.3 Å². The van der Waals surface area contributed by atoms with Crippen LogP contribution in [0.1, 0.15) is 21.5 Å². The first kappa shape index (κ1) is 19.4. The lowest BCUT2D eigenvalue weighted by molar-refractivity contribution is 0.0475. The van der Waals surface area contributed by atoms with E-state index in [1.54, 1.807) is 24.3 Å². The van der Waals surface area contributed by atoms with Crippen LogP contribution in [0.15, 0.2) is 72.8 Å². The predicted octanol–water partition coefficient (Wildman–Crippen LogP) is 6.87. The Bertz CT molecular complexity index is 1200. The Kier molecular flexibility index (Phi) is 5.52. The van der Waals surface area contributed by atoms with Crippen molar-refractivity contribution >= 4 is 40.1 Å². The molecule has 0 unspecified atom stereocenters. The predicted molar refractivity (Wildman–Crippen MR) is 117 cm³/mol. The zero-order valence-corrected chi connectivity index (χ0v) is 17.2. The molecule has 5 heteroatoms. The summed E-state index contributed by atoms with van der Waals surface area (Å²) in [6.07, 6.45) is 0. The van der Waals surface area contributed by atoms with E-state index >= 15 is 0 Å². The number of ether oxygens (including phenoxy) is 1. The molecule has 0 amide bonds. The summed E-state index contributed by atoms with van der Waals surface area (Å²) in [5.41, 5.74) is 4.73. The number of benzene rings is 3. The van der Waals surface area contributed by atoms with Crippen LogP contribution in [0.3, 0.4) is 0 Å². The molecule has 4 rings (SSSR count). The summed E-state index contributed by atoms with van der Waals surface area (Å²) in [5.74, 6) is -0.428. The lowest BCUT2D eigenvalue weighted by atomic mass is 10.0. The molecule has 0 atom stereocenters. The number of pyridine rings is 1. The molecule has 0 fully saturated rings. The summed E-state index contributed by atoms with van der Waals surface area (Å²) in [5, 5.41) is 1.74. The van der Waals surface area contributed by atoms with E-state index in [4.69, 9.17) is 32.9 Å². The van der Waals surface area contributed by atoms with E-state index in [9.17, 15) is 4.79 Å². The molecule has 0 bridgehead atoms. The number of fused-ring (bicyclic) bond motifs is 1. The van der Waals surface area contributed by atoms with Crippen LogP contribution in [0.4, 0.5) is 0 Å². The van der Waals surface area contributed by atoms with E-state index in [1.807, 2.05) is 55.5 Å². The first-order chi connectivity index (χ1) is 14.0. The van der Waals surface area contributed by atoms with Crippen LogP contribution in [-0.4, -0.2) is 11.0 Å². The summed E-state index contributed by atoms with van der Waals surface area (Å²) in [7, 11) is 0. The molecule has 0 aliphatic heterocycles. The number of esters is 1. The molecule has 0 aliphatic rings. The fourth-order valence-electron chi connectivity index (χ4n) is 3.08. The smallest absolute Gasteiger partial charge is 0.339 e. The van der Waals surface area contributed by atoms with Crippen LogP contribution in [0.25, 0.3) is 22.2 Å². The second kappa shape index (κ2) is 8.24. The SMILES string of the molecule is Cc1ccc(-c2cc(C(=O)OCc3ccc(Cl)cc3Cl)c3ccccc3n2)cc1. The number of halogens is 2. The second-order valence-electron chi connectivity index (χ2n) is 6.75. The Morgan fingerprint density at radius 3 is 2.48 bits per heavy atom. The van der Waals surface area contributed by atoms with Gasteiger partial charge in [-0.05, 0) is 31.2 Å². The Hall–Kier alpha value is -2.88. The van der Waals surface area contributed by atoms with Gasteiger partial charge in [0.2, 0.25) is 0 Å². The molecule has 0 saturated carbocycles. The molecule has 29 heavy (non-hydrogen) atoms. The van der Waals surface area contributed by atoms with Crippen molar-refractivity contribution in [3.63, 3.8) is 0 Å². The van der Waals surface area contributed by atoms with Crippen molar-refractivity contribution in [2.45, 2.75) is 13.5 Å². The van der Waals surface area contributed by atoms with E-state index in [0.717, 1.165) is 27.7 Å². The third kappa shape index (κ3) is 4.26. The lowest BCUT2D eigenvalue weighted by Gasteiger charge is -2.11. The fraction of sp³-hybridized carbons (Fsp3) is 0.0833. The van der Waals surface area contributed by atoms with Crippen molar-refractivity contribution in [3.05, 3.63) is 99.5 Å². The van der Waals surface area contributed by atoms with Crippen LogP contribution in [-0.2, 0) is 11.3 Å². The van der Waals surface area contributed by atoms with Gasteiger partial charge in [-0.15, -0.1) is 0 Å². The highest BCUT2D eigenvalue weighted by Gasteiger charge is 2.16. The number of rotatable bonds is 4. The number of nitrogens with zero attached hydrogens (tertiary/aromatic N) is 1. The van der Waals surface area contributed by atoms with Crippen molar-refractivity contribution in [3.8, 4) is 11.3 Å². The normalized spacial score (nSPS) is 10.9. The molecular formula is C24H17Cl2NO2. The number of hydrogen-bond acceptors (Lipinski definition) is 3. The Morgan fingerprint density at radius 1 is 0.966 bits per heavy atom. The number of carbonyl (C=O) groups excluding carboxylic acids is 1. The van der Waals surface area contributed by atoms with E-state index in [2.05, 4.69) is 0 Å². The maximum absolute atomic E-state index is 12.9. The van der Waals surface area contributed by atoms with Crippen molar-refractivity contribution in [1.82, 2.24) is 4.98 Å². The van der Waals surface area contributed by atoms with Gasteiger partial charge < -0.3 is 4.74 Å². The highest BCUT2D eigenvalue weighted by Crippen LogP contribution is 2.27. The van der Waals surface area contributed by atoms with Crippen LogP contribution >= 0.6 is 23.2 Å². The largest absolute Gasteiger partial charge is 0.457 e. The summed E-state index contributed by atoms with van der Waals surface area (Å²) in [4.78, 5) is 17.6. The number of aryl methyl sites for hydroxylation is 1. The summed E-state index contributed by atoms with van der Waals surface area (Å²) in [6, 6.07) is 22.4. The Morgan fingerprint density at radius 2 is 1.72 bits per heavy atom. The molecule has 0 N–H and O–H groups in total. The van der Waals surface area contributed by atoms with Gasteiger partial charge in [-0.2, -0.15) is 0 Å². The van der Waals surface area contributed by atoms with Gasteiger partial charge in [0.05, 0.1) is 16.8 Å². The average Bonchev–Trinajstić information content (AvgIpc) is 2.72. The molecule has 0 spiro atoms. The average molecular weight is 422 g/mol. The van der Waals surface area contributed by atoms with Gasteiger partial charge in [0.15, 0.2) is 0 Å². The van der Waals surface area contributed by atoms with E-state index in [1.165, 1.54) is 0 Å². The molecule has 1 aromatic heterocycles. The second-order valence-corrected chi connectivity index (χ2v) is 7.59. The highest BCUT2D eigenvalue weighted by molar-refractivity contribution is 6.35. The summed E-state index contributed by atoms with van der Waals surface area (Å²) in [6.45, 7) is 2.09. The monoisotopic (exact) mass is 421 g/mol. The van der Waals surface area contributed by atoms with Gasteiger partial charge >= 0.3 is 5.97 Å². The molecule has 0 aliphatic carbocycles. The third-order valence-corrected chi connectivity index (χ3v) is 5.24. The first-order valence-electron chi connectivity index (χ1n) is 9.09. The van der Waals surface area contributed by atoms with E-state index in [-0.39, 0.29) is 6.61 Å². The van der Waals surface area contributed by atoms with E-state index in [0.29, 0.717) is 21.2 Å². The van der Waals surface area contributed by atoms with Gasteiger partial charge in [-0.3, -0.25) is 0 Å². The summed E-state index contributed by atoms with van der Waals surface area (Å²) >= 11 is 12.1. The summed E-state index contributed by atoms with van der Waals surface area (Å²) < 4.78 is 5.56. The minimum atomic E-state index is -0.428. The maximum Gasteiger partial charge on any atom is 0.339 e. The third-order valence-electron chi connectivity index (χ3n) is 4.66. The highest BCUT2D eigenvalue weighted by atomic mass is 35.5. The van der Waals surface area contributed by atoms with E-state index < -0.39 is 5.97 Å². The molecule has 1 heterocycles. The molecule has 3 nitrogen and oxygen atoms in total. The van der Waals surface area contributed by atoms with Crippen molar-refractivity contribution in [1.29, 1.82) is 0 Å². The molecule has 4 aromatic rings. The molecule has 144 valence electrons. The van der Waals surface area contributed by atoms with Crippen LogP contribution in [0, 0.1) is 6.92 Å². The van der Waals surface area contributed by atoms with Crippen molar-refractivity contribution in [2.24, 2.45) is 0 Å². The Labute approximate surface area is 178 Å². The zero-order valence-electron chi connectivity index (χ0n) is 15.7. The van der Waals surface area contributed by atoms with Gasteiger partial charge in [0, 0.05) is 26.6 Å². The van der Waals surface area contributed by atoms with Crippen molar-refractivity contribution in [2.75, 3.05) is 0 Å². The Balaban J connectivity index is 1.69. The van der Waals surface area contributed by atoms with Gasteiger partial charge in [0.25, 0.3) is 0 Å². The van der Waals surface area contributed by atoms with Crippen molar-refractivity contribution < 1.29 is 9.53 Å². The molecular weight excluding hydrogens is 405 g/mol. The molecule has 0 saturated heterocycles. The maximum atomic E-state index is 12.9. The number of carbonyl (C=O) groups is 1. The quantitative estimate of drug-likeness (QED) is 0.337. The lowest BCUT2D eigenvalue weighted by Crippen LogP contribution is -2.07. The first-order valence-corrected chi connectivity index (χ1v) is 9.85. The van der Waals surface area contributed by atoms with Crippen LogP contribution < -0.4 is 0 Å². The zero-order chi connectivity index (χ0) is 20.4. The van der Waals surface area contributed by atoms with Crippen LogP contribution in [0.2, 0.25) is 10.0 Å². The van der Waals surface area contributed by atoms with Gasteiger partial charge in [-0.25, -0.2) is 9.78 Å². The van der Waals surface area contributed by atoms with Crippen LogP contribution in [0.5, 0.6) is 0 Å². The standard InChI is InChI=1S/C24H17Cl2NO2/c1-15-6-8-16(9-7-15)23-13-20(19-4-2-3-5-22(19)27-23)24(28)29-14-17-10-11-18(25)12-21(17)26/h2-13H,14H2,1H3. The van der Waals surface area contributed by atoms with Gasteiger partial charge in [0.1, 0.15) is 6.61 Å². The molecule has 3 aromatic carbocycles. The minimum absolute atomic E-state index is 0.0609. The number of aromatic nitrogens is 1.